The molecule has 0 atom stereocenters. The number of nitrogens with one attached hydrogen (secondary N) is 1. The monoisotopic (exact) mass is 559 g/mol. The van der Waals surface area contributed by atoms with E-state index in [9.17, 15) is 13.5 Å². The third-order valence-electron chi connectivity index (χ3n) is 7.01. The lowest BCUT2D eigenvalue weighted by atomic mass is 9.93. The lowest BCUT2D eigenvalue weighted by Crippen LogP contribution is -2.23. The molecule has 0 spiro atoms. The molecule has 2 N–H and O–H groups in total. The average Bonchev–Trinajstić information content (AvgIpc) is 2.92. The Morgan fingerprint density at radius 2 is 1.67 bits per heavy atom. The van der Waals surface area contributed by atoms with Gasteiger partial charge in [0, 0.05) is 33.8 Å². The molecular formula is C31H30ClN3O3S. The van der Waals surface area contributed by atoms with E-state index in [4.69, 9.17) is 11.6 Å². The summed E-state index contributed by atoms with van der Waals surface area (Å²) in [5, 5.41) is 14.3. The fraction of sp³-hybridized carbons (Fsp3) is 0.194. The molecule has 0 amide bonds. The Morgan fingerprint density at radius 1 is 0.923 bits per heavy atom. The van der Waals surface area contributed by atoms with Crippen LogP contribution < -0.4 is 4.72 Å². The molecule has 4 aromatic carbocycles. The number of hydrogen-bond acceptors (Lipinski definition) is 5. The Morgan fingerprint density at radius 3 is 2.41 bits per heavy atom. The van der Waals surface area contributed by atoms with E-state index in [1.807, 2.05) is 43.3 Å². The topological polar surface area (TPSA) is 82.5 Å². The molecule has 0 aliphatic rings. The Bertz CT molecular complexity index is 1800. The Kier molecular flexibility index (Phi) is 7.49. The summed E-state index contributed by atoms with van der Waals surface area (Å²) in [6, 6.07) is 23.3. The van der Waals surface area contributed by atoms with Gasteiger partial charge in [0.2, 0.25) is 0 Å². The van der Waals surface area contributed by atoms with Crippen LogP contribution in [0.4, 0.5) is 5.69 Å². The van der Waals surface area contributed by atoms with Crippen LogP contribution >= 0.6 is 11.6 Å². The molecule has 0 fully saturated rings. The number of aromatic hydroxyl groups is 1. The van der Waals surface area contributed by atoms with Gasteiger partial charge in [-0.3, -0.25) is 14.6 Å². The largest absolute Gasteiger partial charge is 0.508 e. The molecule has 0 bridgehead atoms. The van der Waals surface area contributed by atoms with Gasteiger partial charge in [-0.15, -0.1) is 0 Å². The predicted octanol–water partition coefficient (Wildman–Crippen LogP) is 7.37. The molecule has 0 saturated carbocycles. The second-order valence-corrected chi connectivity index (χ2v) is 11.7. The molecule has 39 heavy (non-hydrogen) atoms. The molecule has 0 radical (unpaired) electrons. The number of benzene rings is 4. The van der Waals surface area contributed by atoms with E-state index in [1.165, 1.54) is 0 Å². The summed E-state index contributed by atoms with van der Waals surface area (Å²) >= 11 is 6.28. The van der Waals surface area contributed by atoms with Crippen LogP contribution in [0.3, 0.4) is 0 Å². The third kappa shape index (κ3) is 5.43. The number of halogens is 1. The van der Waals surface area contributed by atoms with E-state index in [-0.39, 0.29) is 10.6 Å². The summed E-state index contributed by atoms with van der Waals surface area (Å²) in [5.74, 6) is 0.0992. The minimum Gasteiger partial charge on any atom is -0.508 e. The van der Waals surface area contributed by atoms with Crippen molar-refractivity contribution in [3.63, 3.8) is 0 Å². The lowest BCUT2D eigenvalue weighted by molar-refractivity contribution is 0.291. The minimum atomic E-state index is -3.96. The van der Waals surface area contributed by atoms with Crippen LogP contribution in [0.15, 0.2) is 83.8 Å². The van der Waals surface area contributed by atoms with Crippen LogP contribution in [0, 0.1) is 6.92 Å². The molecule has 5 aromatic rings. The molecule has 6 nitrogen and oxygen atoms in total. The van der Waals surface area contributed by atoms with Crippen LogP contribution in [0.5, 0.6) is 5.75 Å². The smallest absolute Gasteiger partial charge is 0.261 e. The molecule has 1 heterocycles. The second kappa shape index (κ2) is 10.8. The highest BCUT2D eigenvalue weighted by atomic mass is 35.5. The van der Waals surface area contributed by atoms with Crippen molar-refractivity contribution in [3.8, 4) is 16.9 Å². The first-order chi connectivity index (χ1) is 18.7. The normalized spacial score (nSPS) is 11.9. The van der Waals surface area contributed by atoms with E-state index in [1.54, 1.807) is 42.5 Å². The summed E-state index contributed by atoms with van der Waals surface area (Å²) in [7, 11) is -3.96. The maximum absolute atomic E-state index is 13.7. The highest BCUT2D eigenvalue weighted by Crippen LogP contribution is 2.42. The van der Waals surface area contributed by atoms with Gasteiger partial charge in [-0.05, 0) is 78.8 Å². The first-order valence-corrected chi connectivity index (χ1v) is 14.7. The second-order valence-electron chi connectivity index (χ2n) is 9.53. The van der Waals surface area contributed by atoms with Crippen molar-refractivity contribution in [2.24, 2.45) is 0 Å². The summed E-state index contributed by atoms with van der Waals surface area (Å²) in [6.07, 6.45) is 0. The number of phenolic OH excluding ortho intramolecular Hbond substituents is 1. The van der Waals surface area contributed by atoms with Crippen molar-refractivity contribution in [2.75, 3.05) is 17.8 Å². The molecule has 8 heteroatoms. The Balaban J connectivity index is 1.73. The molecule has 0 aliphatic carbocycles. The molecular weight excluding hydrogens is 530 g/mol. The quantitative estimate of drug-likeness (QED) is 0.194. The maximum Gasteiger partial charge on any atom is 0.261 e. The van der Waals surface area contributed by atoms with E-state index >= 15 is 0 Å². The van der Waals surface area contributed by atoms with E-state index in [0.29, 0.717) is 33.9 Å². The van der Waals surface area contributed by atoms with Crippen molar-refractivity contribution in [1.82, 2.24) is 9.88 Å². The van der Waals surface area contributed by atoms with Crippen LogP contribution in [0.25, 0.3) is 32.8 Å². The van der Waals surface area contributed by atoms with Crippen LogP contribution in [0.2, 0.25) is 5.02 Å². The van der Waals surface area contributed by atoms with Gasteiger partial charge in [-0.25, -0.2) is 8.42 Å². The number of aromatic nitrogens is 1. The Labute approximate surface area is 233 Å². The number of nitrogens with zero attached hydrogens (tertiary/aromatic N) is 2. The van der Waals surface area contributed by atoms with Gasteiger partial charge < -0.3 is 5.11 Å². The minimum absolute atomic E-state index is 0.0992. The van der Waals surface area contributed by atoms with Crippen molar-refractivity contribution >= 4 is 49.0 Å². The number of sulfonamides is 1. The van der Waals surface area contributed by atoms with Crippen molar-refractivity contribution in [2.45, 2.75) is 32.2 Å². The summed E-state index contributed by atoms with van der Waals surface area (Å²) in [6.45, 7) is 7.98. The molecule has 5 rings (SSSR count). The molecule has 0 saturated heterocycles. The Hall–Kier alpha value is -3.65. The van der Waals surface area contributed by atoms with Gasteiger partial charge in [-0.2, -0.15) is 0 Å². The number of fused-ring (bicyclic) bond motifs is 2. The highest BCUT2D eigenvalue weighted by molar-refractivity contribution is 7.92. The van der Waals surface area contributed by atoms with E-state index < -0.39 is 10.0 Å². The molecule has 1 aromatic heterocycles. The van der Waals surface area contributed by atoms with Gasteiger partial charge in [0.05, 0.1) is 16.1 Å². The maximum atomic E-state index is 13.7. The standard InChI is InChI=1S/C31H30ClN3O3S/c1-4-35(5-2)19-27-30(36)15-14-28(31(27)26-16-20(3)33-29-18-23(32)11-13-25(26)29)34-39(37,38)24-12-10-21-8-6-7-9-22(21)17-24/h6-18,34,36H,4-5,19H2,1-3H3. The molecule has 0 aliphatic heterocycles. The lowest BCUT2D eigenvalue weighted by Gasteiger charge is -2.24. The highest BCUT2D eigenvalue weighted by Gasteiger charge is 2.23. The average molecular weight is 560 g/mol. The van der Waals surface area contributed by atoms with Gasteiger partial charge in [0.1, 0.15) is 5.75 Å². The number of phenols is 1. The van der Waals surface area contributed by atoms with Gasteiger partial charge in [-0.1, -0.05) is 61.8 Å². The summed E-state index contributed by atoms with van der Waals surface area (Å²) in [5.41, 5.74) is 3.84. The fourth-order valence-electron chi connectivity index (χ4n) is 4.94. The van der Waals surface area contributed by atoms with E-state index in [2.05, 4.69) is 28.5 Å². The van der Waals surface area contributed by atoms with Gasteiger partial charge in [0.25, 0.3) is 10.0 Å². The zero-order valence-electron chi connectivity index (χ0n) is 22.1. The SMILES string of the molecule is CCN(CC)Cc1c(O)ccc(NS(=O)(=O)c2ccc3ccccc3c2)c1-c1cc(C)nc2cc(Cl)ccc12. The number of pyridine rings is 1. The fourth-order valence-corrected chi connectivity index (χ4v) is 6.21. The van der Waals surface area contributed by atoms with Gasteiger partial charge in [0.15, 0.2) is 0 Å². The zero-order valence-corrected chi connectivity index (χ0v) is 23.6. The number of aryl methyl sites for hydroxylation is 1. The predicted molar refractivity (Wildman–Crippen MR) is 160 cm³/mol. The molecule has 200 valence electrons. The third-order valence-corrected chi connectivity index (χ3v) is 8.61. The van der Waals surface area contributed by atoms with Crippen LogP contribution in [-0.2, 0) is 16.6 Å². The van der Waals surface area contributed by atoms with Crippen molar-refractivity contribution in [3.05, 3.63) is 95.1 Å². The number of rotatable bonds is 8. The van der Waals surface area contributed by atoms with Crippen molar-refractivity contribution in [1.29, 1.82) is 0 Å². The van der Waals surface area contributed by atoms with Crippen LogP contribution in [-0.4, -0.2) is 36.5 Å². The van der Waals surface area contributed by atoms with Gasteiger partial charge >= 0.3 is 0 Å². The zero-order chi connectivity index (χ0) is 27.7. The number of anilines is 1. The van der Waals surface area contributed by atoms with E-state index in [0.717, 1.165) is 40.5 Å². The number of hydrogen-bond donors (Lipinski definition) is 2. The summed E-state index contributed by atoms with van der Waals surface area (Å²) in [4.78, 5) is 6.99. The molecule has 0 unspecified atom stereocenters. The first kappa shape index (κ1) is 26.9. The summed E-state index contributed by atoms with van der Waals surface area (Å²) < 4.78 is 30.3. The first-order valence-electron chi connectivity index (χ1n) is 12.9. The van der Waals surface area contributed by atoms with Crippen molar-refractivity contribution < 1.29 is 13.5 Å². The van der Waals surface area contributed by atoms with Crippen LogP contribution in [0.1, 0.15) is 25.1 Å².